The second-order valence-electron chi connectivity index (χ2n) is 4.70. The van der Waals surface area contributed by atoms with Crippen molar-refractivity contribution in [1.29, 1.82) is 0 Å². The molecule has 0 atom stereocenters. The Bertz CT molecular complexity index is 815. The van der Waals surface area contributed by atoms with Gasteiger partial charge in [-0.3, -0.25) is 0 Å². The first-order valence-corrected chi connectivity index (χ1v) is 7.11. The summed E-state index contributed by atoms with van der Waals surface area (Å²) in [5.74, 6) is -2.03. The van der Waals surface area contributed by atoms with Crippen LogP contribution in [0.5, 0.6) is 5.75 Å². The number of halogens is 8. The minimum atomic E-state index is -5.06. The molecule has 0 bridgehead atoms. The van der Waals surface area contributed by atoms with Crippen molar-refractivity contribution in [2.75, 3.05) is 0 Å². The number of ether oxygens (including phenoxy) is 1. The van der Waals surface area contributed by atoms with Crippen molar-refractivity contribution in [2.45, 2.75) is 12.4 Å². The second kappa shape index (κ2) is 6.76. The zero-order chi connectivity index (χ0) is 19.0. The molecule has 0 heterocycles. The van der Waals surface area contributed by atoms with Crippen molar-refractivity contribution in [2.24, 2.45) is 0 Å². The van der Waals surface area contributed by atoms with Crippen molar-refractivity contribution in [3.63, 3.8) is 0 Å². The molecular formula is C15H6Cl2F6O2. The highest BCUT2D eigenvalue weighted by Gasteiger charge is 2.39. The molecule has 2 rings (SSSR count). The number of alkyl halides is 6. The Morgan fingerprint density at radius 2 is 1.56 bits per heavy atom. The first-order valence-electron chi connectivity index (χ1n) is 6.36. The van der Waals surface area contributed by atoms with Gasteiger partial charge in [0.05, 0.1) is 21.7 Å². The lowest BCUT2D eigenvalue weighted by molar-refractivity contribution is -0.141. The fourth-order valence-corrected chi connectivity index (χ4v) is 2.18. The Labute approximate surface area is 146 Å². The highest BCUT2D eigenvalue weighted by molar-refractivity contribution is 6.43. The van der Waals surface area contributed by atoms with Gasteiger partial charge in [-0.1, -0.05) is 29.3 Å². The van der Waals surface area contributed by atoms with Crippen LogP contribution in [0.15, 0.2) is 36.4 Å². The summed E-state index contributed by atoms with van der Waals surface area (Å²) in [6.45, 7) is 0. The molecule has 0 unspecified atom stereocenters. The van der Waals surface area contributed by atoms with E-state index in [0.717, 1.165) is 6.07 Å². The van der Waals surface area contributed by atoms with Crippen LogP contribution in [0, 0.1) is 0 Å². The predicted octanol–water partition coefficient (Wildman–Crippen LogP) is 6.25. The Hall–Kier alpha value is -1.93. The summed E-state index contributed by atoms with van der Waals surface area (Å²) in [5.41, 5.74) is -4.29. The number of hydrogen-bond acceptors (Lipinski definition) is 2. The van der Waals surface area contributed by atoms with Crippen molar-refractivity contribution >= 4 is 29.2 Å². The van der Waals surface area contributed by atoms with Gasteiger partial charge in [-0.2, -0.15) is 26.3 Å². The summed E-state index contributed by atoms with van der Waals surface area (Å²) in [4.78, 5) is 12.0. The lowest BCUT2D eigenvalue weighted by Gasteiger charge is -2.15. The number of carbonyl (C=O) groups excluding carboxylic acids is 1. The molecule has 0 saturated carbocycles. The van der Waals surface area contributed by atoms with E-state index in [0.29, 0.717) is 0 Å². The maximum absolute atomic E-state index is 13.0. The van der Waals surface area contributed by atoms with Crippen molar-refractivity contribution in [1.82, 2.24) is 0 Å². The SMILES string of the molecule is O=C(Oc1cccc(Cl)c1Cl)c1cc(C(F)(F)F)ccc1C(F)(F)F. The molecule has 0 N–H and O–H groups in total. The smallest absolute Gasteiger partial charge is 0.417 e. The maximum Gasteiger partial charge on any atom is 0.417 e. The summed E-state index contributed by atoms with van der Waals surface area (Å²) >= 11 is 11.4. The minimum Gasteiger partial charge on any atom is -0.421 e. The minimum absolute atomic E-state index is 0.0490. The molecule has 0 aliphatic heterocycles. The van der Waals surface area contributed by atoms with Crippen LogP contribution in [-0.2, 0) is 12.4 Å². The van der Waals surface area contributed by atoms with Crippen LogP contribution in [0.1, 0.15) is 21.5 Å². The summed E-state index contributed by atoms with van der Waals surface area (Å²) in [5, 5.41) is -0.315. The highest BCUT2D eigenvalue weighted by Crippen LogP contribution is 2.38. The molecular weight excluding hydrogens is 397 g/mol. The second-order valence-corrected chi connectivity index (χ2v) is 5.48. The van der Waals surface area contributed by atoms with Gasteiger partial charge in [0.2, 0.25) is 0 Å². The summed E-state index contributed by atoms with van der Waals surface area (Å²) in [6.07, 6.45) is -10.00. The van der Waals surface area contributed by atoms with Crippen LogP contribution in [0.3, 0.4) is 0 Å². The van der Waals surface area contributed by atoms with Crippen molar-refractivity contribution < 1.29 is 35.9 Å². The first-order chi connectivity index (χ1) is 11.4. The van der Waals surface area contributed by atoms with E-state index in [4.69, 9.17) is 27.9 Å². The Morgan fingerprint density at radius 1 is 0.920 bits per heavy atom. The van der Waals surface area contributed by atoms with E-state index in [1.54, 1.807) is 0 Å². The largest absolute Gasteiger partial charge is 0.421 e. The molecule has 10 heteroatoms. The third-order valence-corrected chi connectivity index (χ3v) is 3.79. The van der Waals surface area contributed by atoms with Crippen LogP contribution in [0.2, 0.25) is 10.0 Å². The van der Waals surface area contributed by atoms with Gasteiger partial charge in [0.15, 0.2) is 5.75 Å². The molecule has 2 aromatic rings. The highest BCUT2D eigenvalue weighted by atomic mass is 35.5. The fraction of sp³-hybridized carbons (Fsp3) is 0.133. The molecule has 0 fully saturated rings. The van der Waals surface area contributed by atoms with E-state index < -0.39 is 35.0 Å². The van der Waals surface area contributed by atoms with Crippen LogP contribution in [-0.4, -0.2) is 5.97 Å². The van der Waals surface area contributed by atoms with Gasteiger partial charge in [0.25, 0.3) is 0 Å². The number of hydrogen-bond donors (Lipinski definition) is 0. The monoisotopic (exact) mass is 402 g/mol. The van der Waals surface area contributed by atoms with Gasteiger partial charge < -0.3 is 4.74 Å². The molecule has 0 aliphatic rings. The molecule has 134 valence electrons. The Morgan fingerprint density at radius 3 is 2.12 bits per heavy atom. The standard InChI is InChI=1S/C15H6Cl2F6O2/c16-10-2-1-3-11(12(10)17)25-13(24)8-6-7(14(18,19)20)4-5-9(8)15(21,22)23/h1-6H. The molecule has 0 aromatic heterocycles. The summed E-state index contributed by atoms with van der Waals surface area (Å²) in [6, 6.07) is 4.22. The van der Waals surface area contributed by atoms with Gasteiger partial charge in [0.1, 0.15) is 5.02 Å². The average molecular weight is 403 g/mol. The number of rotatable bonds is 2. The van der Waals surface area contributed by atoms with Crippen LogP contribution < -0.4 is 4.74 Å². The van der Waals surface area contributed by atoms with E-state index in [2.05, 4.69) is 0 Å². The molecule has 2 nitrogen and oxygen atoms in total. The van der Waals surface area contributed by atoms with Gasteiger partial charge >= 0.3 is 18.3 Å². The van der Waals surface area contributed by atoms with E-state index in [-0.39, 0.29) is 34.0 Å². The topological polar surface area (TPSA) is 26.3 Å². The maximum atomic E-state index is 13.0. The van der Waals surface area contributed by atoms with E-state index in [1.807, 2.05) is 0 Å². The molecule has 0 saturated heterocycles. The van der Waals surface area contributed by atoms with Crippen LogP contribution >= 0.6 is 23.2 Å². The quantitative estimate of drug-likeness (QED) is 0.337. The van der Waals surface area contributed by atoms with Crippen LogP contribution in [0.4, 0.5) is 26.3 Å². The van der Waals surface area contributed by atoms with Gasteiger partial charge in [0, 0.05) is 0 Å². The van der Waals surface area contributed by atoms with Gasteiger partial charge in [-0.05, 0) is 30.3 Å². The molecule has 0 amide bonds. The van der Waals surface area contributed by atoms with Gasteiger partial charge in [-0.15, -0.1) is 0 Å². The third-order valence-electron chi connectivity index (χ3n) is 2.99. The molecule has 0 spiro atoms. The number of benzene rings is 2. The van der Waals surface area contributed by atoms with Gasteiger partial charge in [-0.25, -0.2) is 4.79 Å². The number of esters is 1. The average Bonchev–Trinajstić information content (AvgIpc) is 2.49. The molecule has 0 aliphatic carbocycles. The normalized spacial score (nSPS) is 12.2. The zero-order valence-electron chi connectivity index (χ0n) is 11.8. The predicted molar refractivity (Wildman–Crippen MR) is 77.9 cm³/mol. The van der Waals surface area contributed by atoms with E-state index in [1.165, 1.54) is 12.1 Å². The van der Waals surface area contributed by atoms with Crippen molar-refractivity contribution in [3.05, 3.63) is 63.1 Å². The van der Waals surface area contributed by atoms with Crippen LogP contribution in [0.25, 0.3) is 0 Å². The lowest BCUT2D eigenvalue weighted by atomic mass is 10.0. The Balaban J connectivity index is 2.51. The first kappa shape index (κ1) is 19.4. The van der Waals surface area contributed by atoms with E-state index >= 15 is 0 Å². The third kappa shape index (κ3) is 4.38. The lowest BCUT2D eigenvalue weighted by Crippen LogP contribution is -2.19. The summed E-state index contributed by atoms with van der Waals surface area (Å²) < 4.78 is 81.8. The molecule has 2 aromatic carbocycles. The molecule has 0 radical (unpaired) electrons. The molecule has 25 heavy (non-hydrogen) atoms. The summed E-state index contributed by atoms with van der Waals surface area (Å²) in [7, 11) is 0. The van der Waals surface area contributed by atoms with E-state index in [9.17, 15) is 31.1 Å². The zero-order valence-corrected chi connectivity index (χ0v) is 13.3. The van der Waals surface area contributed by atoms with Crippen molar-refractivity contribution in [3.8, 4) is 5.75 Å². The number of carbonyl (C=O) groups is 1. The Kier molecular flexibility index (Phi) is 5.24. The fourth-order valence-electron chi connectivity index (χ4n) is 1.85.